The summed E-state index contributed by atoms with van der Waals surface area (Å²) in [4.78, 5) is 26.1. The van der Waals surface area contributed by atoms with Gasteiger partial charge in [0, 0.05) is 18.7 Å². The van der Waals surface area contributed by atoms with E-state index in [4.69, 9.17) is 4.74 Å². The maximum absolute atomic E-state index is 12.3. The van der Waals surface area contributed by atoms with E-state index in [2.05, 4.69) is 5.32 Å². The smallest absolute Gasteiger partial charge is 0.251 e. The lowest BCUT2D eigenvalue weighted by atomic mass is 10.2. The number of carbonyl (C=O) groups is 2. The highest BCUT2D eigenvalue weighted by Crippen LogP contribution is 2.11. The van der Waals surface area contributed by atoms with Gasteiger partial charge in [0.05, 0.1) is 13.7 Å². The van der Waals surface area contributed by atoms with Crippen LogP contribution in [0.5, 0.6) is 5.75 Å². The van der Waals surface area contributed by atoms with Gasteiger partial charge in [-0.15, -0.1) is 0 Å². The number of nitrogens with zero attached hydrogens (tertiary/aromatic N) is 1. The van der Waals surface area contributed by atoms with Crippen LogP contribution in [-0.4, -0.2) is 36.9 Å². The third kappa shape index (κ3) is 4.84. The lowest BCUT2D eigenvalue weighted by molar-refractivity contribution is -0.130. The molecular formula is C19H22N2O3. The van der Waals surface area contributed by atoms with E-state index in [1.54, 1.807) is 36.3 Å². The van der Waals surface area contributed by atoms with Crippen LogP contribution in [0.3, 0.4) is 0 Å². The first kappa shape index (κ1) is 17.5. The predicted octanol–water partition coefficient (Wildman–Crippen LogP) is 2.47. The number of ether oxygens (including phenoxy) is 1. The topological polar surface area (TPSA) is 58.6 Å². The molecule has 1 N–H and O–H groups in total. The molecule has 0 heterocycles. The van der Waals surface area contributed by atoms with Crippen LogP contribution in [-0.2, 0) is 11.3 Å². The second-order valence-corrected chi connectivity index (χ2v) is 5.30. The highest BCUT2D eigenvalue weighted by molar-refractivity contribution is 5.96. The van der Waals surface area contributed by atoms with Crippen LogP contribution in [0, 0.1) is 0 Å². The van der Waals surface area contributed by atoms with E-state index >= 15 is 0 Å². The van der Waals surface area contributed by atoms with E-state index in [9.17, 15) is 9.59 Å². The summed E-state index contributed by atoms with van der Waals surface area (Å²) in [6, 6.07) is 16.5. The summed E-state index contributed by atoms with van der Waals surface area (Å²) < 4.78 is 5.06. The molecule has 2 rings (SSSR count). The Hall–Kier alpha value is -2.82. The molecule has 126 valence electrons. The lowest BCUT2D eigenvalue weighted by Crippen LogP contribution is -2.39. The molecule has 0 aromatic heterocycles. The van der Waals surface area contributed by atoms with Crippen molar-refractivity contribution in [2.45, 2.75) is 13.5 Å². The van der Waals surface area contributed by atoms with E-state index in [0.29, 0.717) is 24.4 Å². The first-order valence-electron chi connectivity index (χ1n) is 7.88. The fourth-order valence-electron chi connectivity index (χ4n) is 2.29. The number of methoxy groups -OCH3 is 1. The maximum Gasteiger partial charge on any atom is 0.251 e. The van der Waals surface area contributed by atoms with Crippen molar-refractivity contribution in [2.75, 3.05) is 20.2 Å². The maximum atomic E-state index is 12.3. The third-order valence-electron chi connectivity index (χ3n) is 3.70. The Morgan fingerprint density at radius 1 is 1.04 bits per heavy atom. The van der Waals surface area contributed by atoms with E-state index < -0.39 is 0 Å². The van der Waals surface area contributed by atoms with Crippen LogP contribution in [0.4, 0.5) is 0 Å². The van der Waals surface area contributed by atoms with E-state index in [-0.39, 0.29) is 18.4 Å². The Bertz CT molecular complexity index is 669. The average molecular weight is 326 g/mol. The van der Waals surface area contributed by atoms with Gasteiger partial charge in [0.15, 0.2) is 0 Å². The summed E-state index contributed by atoms with van der Waals surface area (Å²) in [5.41, 5.74) is 1.56. The fourth-order valence-corrected chi connectivity index (χ4v) is 2.29. The molecule has 24 heavy (non-hydrogen) atoms. The first-order chi connectivity index (χ1) is 11.6. The van der Waals surface area contributed by atoms with Crippen molar-refractivity contribution in [2.24, 2.45) is 0 Å². The highest BCUT2D eigenvalue weighted by Gasteiger charge is 2.14. The number of hydrogen-bond acceptors (Lipinski definition) is 3. The molecule has 0 unspecified atom stereocenters. The molecule has 2 aromatic rings. The SMILES string of the molecule is CCN(Cc1ccccc1)C(=O)CNC(=O)c1ccc(OC)cc1. The zero-order valence-corrected chi connectivity index (χ0v) is 14.0. The molecule has 0 radical (unpaired) electrons. The molecule has 0 spiro atoms. The minimum absolute atomic E-state index is 0.0223. The average Bonchev–Trinajstić information content (AvgIpc) is 2.64. The fraction of sp³-hybridized carbons (Fsp3) is 0.263. The summed E-state index contributed by atoms with van der Waals surface area (Å²) in [5, 5.41) is 2.67. The Labute approximate surface area is 142 Å². The van der Waals surface area contributed by atoms with E-state index in [0.717, 1.165) is 5.56 Å². The van der Waals surface area contributed by atoms with Gasteiger partial charge < -0.3 is 15.0 Å². The van der Waals surface area contributed by atoms with Gasteiger partial charge in [0.1, 0.15) is 5.75 Å². The zero-order chi connectivity index (χ0) is 17.4. The van der Waals surface area contributed by atoms with Crippen LogP contribution < -0.4 is 10.1 Å². The molecule has 0 bridgehead atoms. The predicted molar refractivity (Wildman–Crippen MR) is 92.9 cm³/mol. The van der Waals surface area contributed by atoms with Gasteiger partial charge in [0.25, 0.3) is 5.91 Å². The summed E-state index contributed by atoms with van der Waals surface area (Å²) in [6.07, 6.45) is 0. The Morgan fingerprint density at radius 3 is 2.29 bits per heavy atom. The van der Waals surface area contributed by atoms with E-state index in [1.165, 1.54) is 0 Å². The normalized spacial score (nSPS) is 10.1. The second-order valence-electron chi connectivity index (χ2n) is 5.30. The first-order valence-corrected chi connectivity index (χ1v) is 7.88. The van der Waals surface area contributed by atoms with Gasteiger partial charge >= 0.3 is 0 Å². The molecule has 2 amide bonds. The minimum Gasteiger partial charge on any atom is -0.497 e. The summed E-state index contributed by atoms with van der Waals surface area (Å²) in [5.74, 6) is 0.299. The molecule has 0 aliphatic heterocycles. The van der Waals surface area contributed by atoms with Crippen LogP contribution in [0.25, 0.3) is 0 Å². The monoisotopic (exact) mass is 326 g/mol. The molecule has 0 saturated heterocycles. The van der Waals surface area contributed by atoms with Crippen molar-refractivity contribution in [3.63, 3.8) is 0 Å². The van der Waals surface area contributed by atoms with E-state index in [1.807, 2.05) is 37.3 Å². The van der Waals surface area contributed by atoms with Crippen molar-refractivity contribution in [3.8, 4) is 5.75 Å². The van der Waals surface area contributed by atoms with Crippen LogP contribution in [0.1, 0.15) is 22.8 Å². The lowest BCUT2D eigenvalue weighted by Gasteiger charge is -2.21. The van der Waals surface area contributed by atoms with Gasteiger partial charge in [-0.05, 0) is 36.8 Å². The number of carbonyl (C=O) groups excluding carboxylic acids is 2. The molecule has 0 aliphatic carbocycles. The van der Waals surface area contributed by atoms with Gasteiger partial charge in [-0.3, -0.25) is 9.59 Å². The molecule has 5 nitrogen and oxygen atoms in total. The molecule has 0 fully saturated rings. The number of hydrogen-bond donors (Lipinski definition) is 1. The van der Waals surface area contributed by atoms with Gasteiger partial charge in [-0.25, -0.2) is 0 Å². The number of amides is 2. The summed E-state index contributed by atoms with van der Waals surface area (Å²) in [6.45, 7) is 3.03. The Kier molecular flexibility index (Phi) is 6.37. The largest absolute Gasteiger partial charge is 0.497 e. The molecule has 0 atom stereocenters. The number of likely N-dealkylation sites (N-methyl/N-ethyl adjacent to an activating group) is 1. The second kappa shape index (κ2) is 8.72. The zero-order valence-electron chi connectivity index (χ0n) is 14.0. The number of benzene rings is 2. The Morgan fingerprint density at radius 2 is 1.71 bits per heavy atom. The standard InChI is InChI=1S/C19H22N2O3/c1-3-21(14-15-7-5-4-6-8-15)18(22)13-20-19(23)16-9-11-17(24-2)12-10-16/h4-12H,3,13-14H2,1-2H3,(H,20,23). The molecule has 5 heteroatoms. The summed E-state index contributed by atoms with van der Waals surface area (Å²) >= 11 is 0. The van der Waals surface area contributed by atoms with Crippen LogP contribution in [0.2, 0.25) is 0 Å². The van der Waals surface area contributed by atoms with Crippen LogP contribution >= 0.6 is 0 Å². The van der Waals surface area contributed by atoms with Crippen molar-refractivity contribution >= 4 is 11.8 Å². The Balaban J connectivity index is 1.89. The summed E-state index contributed by atoms with van der Waals surface area (Å²) in [7, 11) is 1.57. The molecule has 2 aromatic carbocycles. The third-order valence-corrected chi connectivity index (χ3v) is 3.70. The molecule has 0 saturated carbocycles. The highest BCUT2D eigenvalue weighted by atomic mass is 16.5. The number of rotatable bonds is 7. The van der Waals surface area contributed by atoms with Gasteiger partial charge in [-0.2, -0.15) is 0 Å². The van der Waals surface area contributed by atoms with Crippen LogP contribution in [0.15, 0.2) is 54.6 Å². The van der Waals surface area contributed by atoms with Gasteiger partial charge in [-0.1, -0.05) is 30.3 Å². The quantitative estimate of drug-likeness (QED) is 0.850. The number of nitrogens with one attached hydrogen (secondary N) is 1. The van der Waals surface area contributed by atoms with Crippen molar-refractivity contribution in [1.82, 2.24) is 10.2 Å². The van der Waals surface area contributed by atoms with Crippen molar-refractivity contribution < 1.29 is 14.3 Å². The van der Waals surface area contributed by atoms with Crippen molar-refractivity contribution in [3.05, 3.63) is 65.7 Å². The van der Waals surface area contributed by atoms with Gasteiger partial charge in [0.2, 0.25) is 5.91 Å². The molecule has 0 aliphatic rings. The van der Waals surface area contributed by atoms with Crippen molar-refractivity contribution in [1.29, 1.82) is 0 Å². The molecular weight excluding hydrogens is 304 g/mol. The minimum atomic E-state index is -0.276.